The molecule has 1 fully saturated rings. The summed E-state index contributed by atoms with van der Waals surface area (Å²) >= 11 is 0. The number of carboxylic acid groups (broad SMARTS) is 1. The Bertz CT molecular complexity index is 417. The lowest BCUT2D eigenvalue weighted by Crippen LogP contribution is -2.00. The van der Waals surface area contributed by atoms with Crippen LogP contribution in [0, 0.1) is 11.7 Å². The number of carbonyl (C=O) groups is 1. The summed E-state index contributed by atoms with van der Waals surface area (Å²) in [7, 11) is 0. The molecule has 0 heterocycles. The van der Waals surface area contributed by atoms with Crippen LogP contribution in [-0.4, -0.2) is 17.7 Å². The molecule has 4 heteroatoms. The minimum Gasteiger partial charge on any atom is -0.491 e. The van der Waals surface area contributed by atoms with E-state index >= 15 is 0 Å². The lowest BCUT2D eigenvalue weighted by atomic mass is 10.1. The summed E-state index contributed by atoms with van der Waals surface area (Å²) in [5.41, 5.74) is 0.744. The first kappa shape index (κ1) is 10.9. The van der Waals surface area contributed by atoms with Crippen LogP contribution in [0.1, 0.15) is 24.8 Å². The molecular formula is C12H13FO3. The Balaban J connectivity index is 2.13. The zero-order valence-electron chi connectivity index (χ0n) is 8.94. The standard InChI is InChI=1S/C12H13FO3/c1-2-16-11-4-3-7(5-10(11)13)8-6-9(8)12(14)15/h3-5,8-9H,2,6H2,1H3,(H,14,15)/t8-,9-/m1/s1. The number of ether oxygens (including phenoxy) is 1. The molecule has 0 radical (unpaired) electrons. The van der Waals surface area contributed by atoms with Crippen molar-refractivity contribution in [1.82, 2.24) is 0 Å². The molecule has 86 valence electrons. The van der Waals surface area contributed by atoms with Crippen LogP contribution in [0.15, 0.2) is 18.2 Å². The van der Waals surface area contributed by atoms with E-state index in [1.807, 2.05) is 0 Å². The highest BCUT2D eigenvalue weighted by Gasteiger charge is 2.44. The molecule has 2 atom stereocenters. The van der Waals surface area contributed by atoms with E-state index in [9.17, 15) is 9.18 Å². The van der Waals surface area contributed by atoms with E-state index in [-0.39, 0.29) is 17.6 Å². The first-order valence-electron chi connectivity index (χ1n) is 5.28. The zero-order valence-corrected chi connectivity index (χ0v) is 8.94. The molecule has 0 bridgehead atoms. The second-order valence-corrected chi connectivity index (χ2v) is 3.91. The van der Waals surface area contributed by atoms with E-state index in [2.05, 4.69) is 0 Å². The van der Waals surface area contributed by atoms with Crippen molar-refractivity contribution in [3.63, 3.8) is 0 Å². The Morgan fingerprint density at radius 3 is 2.88 bits per heavy atom. The Morgan fingerprint density at radius 1 is 1.62 bits per heavy atom. The third-order valence-electron chi connectivity index (χ3n) is 2.79. The zero-order chi connectivity index (χ0) is 11.7. The molecule has 0 aliphatic heterocycles. The summed E-state index contributed by atoms with van der Waals surface area (Å²) in [4.78, 5) is 10.7. The summed E-state index contributed by atoms with van der Waals surface area (Å²) in [5, 5.41) is 8.77. The lowest BCUT2D eigenvalue weighted by Gasteiger charge is -2.06. The summed E-state index contributed by atoms with van der Waals surface area (Å²) in [5.74, 6) is -1.39. The van der Waals surface area contributed by atoms with E-state index in [1.54, 1.807) is 19.1 Å². The van der Waals surface area contributed by atoms with E-state index in [0.29, 0.717) is 13.0 Å². The highest BCUT2D eigenvalue weighted by Crippen LogP contribution is 2.48. The molecule has 1 aliphatic carbocycles. The summed E-state index contributed by atoms with van der Waals surface area (Å²) in [6.45, 7) is 2.20. The van der Waals surface area contributed by atoms with Crippen LogP contribution < -0.4 is 4.74 Å². The summed E-state index contributed by atoms with van der Waals surface area (Å²) in [6, 6.07) is 4.67. The van der Waals surface area contributed by atoms with Gasteiger partial charge in [0.05, 0.1) is 12.5 Å². The number of rotatable bonds is 4. The highest BCUT2D eigenvalue weighted by molar-refractivity contribution is 5.75. The van der Waals surface area contributed by atoms with Crippen LogP contribution in [0.5, 0.6) is 5.75 Å². The molecule has 1 aliphatic rings. The number of halogens is 1. The molecule has 0 aromatic heterocycles. The van der Waals surface area contributed by atoms with Gasteiger partial charge in [-0.1, -0.05) is 6.07 Å². The van der Waals surface area contributed by atoms with Crippen LogP contribution in [0.2, 0.25) is 0 Å². The largest absolute Gasteiger partial charge is 0.491 e. The number of aliphatic carboxylic acids is 1. The van der Waals surface area contributed by atoms with Gasteiger partial charge in [-0.25, -0.2) is 4.39 Å². The third kappa shape index (κ3) is 2.01. The van der Waals surface area contributed by atoms with E-state index in [1.165, 1.54) is 6.07 Å². The number of carboxylic acids is 1. The lowest BCUT2D eigenvalue weighted by molar-refractivity contribution is -0.138. The molecule has 0 unspecified atom stereocenters. The van der Waals surface area contributed by atoms with Crippen molar-refractivity contribution in [2.75, 3.05) is 6.61 Å². The average Bonchev–Trinajstić information content (AvgIpc) is 3.01. The van der Waals surface area contributed by atoms with Crippen molar-refractivity contribution >= 4 is 5.97 Å². The van der Waals surface area contributed by atoms with E-state index in [4.69, 9.17) is 9.84 Å². The second-order valence-electron chi connectivity index (χ2n) is 3.91. The molecule has 1 aromatic rings. The molecule has 0 spiro atoms. The topological polar surface area (TPSA) is 46.5 Å². The van der Waals surface area contributed by atoms with Crippen molar-refractivity contribution in [2.45, 2.75) is 19.3 Å². The molecule has 3 nitrogen and oxygen atoms in total. The average molecular weight is 224 g/mol. The Labute approximate surface area is 92.9 Å². The van der Waals surface area contributed by atoms with Crippen molar-refractivity contribution < 1.29 is 19.0 Å². The molecule has 0 saturated heterocycles. The minimum absolute atomic E-state index is 0.0392. The van der Waals surface area contributed by atoms with Gasteiger partial charge in [0.1, 0.15) is 0 Å². The third-order valence-corrected chi connectivity index (χ3v) is 2.79. The van der Waals surface area contributed by atoms with E-state index < -0.39 is 11.8 Å². The smallest absolute Gasteiger partial charge is 0.307 e. The predicted molar refractivity (Wildman–Crippen MR) is 56.1 cm³/mol. The van der Waals surface area contributed by atoms with Crippen LogP contribution >= 0.6 is 0 Å². The Morgan fingerprint density at radius 2 is 2.38 bits per heavy atom. The van der Waals surface area contributed by atoms with Crippen LogP contribution in [0.3, 0.4) is 0 Å². The fourth-order valence-electron chi connectivity index (χ4n) is 1.86. The SMILES string of the molecule is CCOc1ccc([C@H]2C[C@H]2C(=O)O)cc1F. The summed E-state index contributed by atoms with van der Waals surface area (Å²) < 4.78 is 18.6. The highest BCUT2D eigenvalue weighted by atomic mass is 19.1. The molecule has 1 saturated carbocycles. The number of hydrogen-bond donors (Lipinski definition) is 1. The number of hydrogen-bond acceptors (Lipinski definition) is 2. The van der Waals surface area contributed by atoms with Crippen molar-refractivity contribution in [3.8, 4) is 5.75 Å². The minimum atomic E-state index is -0.806. The quantitative estimate of drug-likeness (QED) is 0.854. The van der Waals surface area contributed by atoms with Crippen LogP contribution in [0.4, 0.5) is 4.39 Å². The Hall–Kier alpha value is -1.58. The fraction of sp³-hybridized carbons (Fsp3) is 0.417. The monoisotopic (exact) mass is 224 g/mol. The van der Waals surface area contributed by atoms with Gasteiger partial charge >= 0.3 is 5.97 Å². The van der Waals surface area contributed by atoms with Gasteiger partial charge in [-0.3, -0.25) is 4.79 Å². The van der Waals surface area contributed by atoms with Gasteiger partial charge in [-0.15, -0.1) is 0 Å². The van der Waals surface area contributed by atoms with Crippen molar-refractivity contribution in [2.24, 2.45) is 5.92 Å². The van der Waals surface area contributed by atoms with Gasteiger partial charge in [0.15, 0.2) is 11.6 Å². The van der Waals surface area contributed by atoms with Crippen molar-refractivity contribution in [1.29, 1.82) is 0 Å². The molecular weight excluding hydrogens is 211 g/mol. The molecule has 1 aromatic carbocycles. The van der Waals surface area contributed by atoms with Crippen LogP contribution in [-0.2, 0) is 4.79 Å². The van der Waals surface area contributed by atoms with Gasteiger partial charge < -0.3 is 9.84 Å². The maximum absolute atomic E-state index is 13.5. The van der Waals surface area contributed by atoms with Gasteiger partial charge in [0, 0.05) is 0 Å². The first-order chi connectivity index (χ1) is 7.63. The predicted octanol–water partition coefficient (Wildman–Crippen LogP) is 2.41. The maximum atomic E-state index is 13.5. The molecule has 16 heavy (non-hydrogen) atoms. The van der Waals surface area contributed by atoms with Gasteiger partial charge in [-0.2, -0.15) is 0 Å². The normalized spacial score (nSPS) is 22.9. The second kappa shape index (κ2) is 4.12. The van der Waals surface area contributed by atoms with Gasteiger partial charge in [-0.05, 0) is 37.0 Å². The number of benzene rings is 1. The molecule has 1 N–H and O–H groups in total. The molecule has 0 amide bonds. The Kier molecular flexibility index (Phi) is 2.81. The van der Waals surface area contributed by atoms with Crippen molar-refractivity contribution in [3.05, 3.63) is 29.6 Å². The van der Waals surface area contributed by atoms with Gasteiger partial charge in [0.25, 0.3) is 0 Å². The fourth-order valence-corrected chi connectivity index (χ4v) is 1.86. The summed E-state index contributed by atoms with van der Waals surface area (Å²) in [6.07, 6.45) is 0.600. The maximum Gasteiger partial charge on any atom is 0.307 e. The van der Waals surface area contributed by atoms with Crippen LogP contribution in [0.25, 0.3) is 0 Å². The molecule has 2 rings (SSSR count). The first-order valence-corrected chi connectivity index (χ1v) is 5.28. The van der Waals surface area contributed by atoms with E-state index in [0.717, 1.165) is 5.56 Å². The van der Waals surface area contributed by atoms with Gasteiger partial charge in [0.2, 0.25) is 0 Å².